The first-order chi connectivity index (χ1) is 12.7. The van der Waals surface area contributed by atoms with Gasteiger partial charge in [0, 0.05) is 13.6 Å². The minimum Gasteiger partial charge on any atom is -0.485 e. The van der Waals surface area contributed by atoms with Crippen molar-refractivity contribution >= 4 is 17.5 Å². The number of nitrogen functional groups attached to an aromatic ring is 1. The second-order valence-electron chi connectivity index (χ2n) is 6.13. The molecule has 0 unspecified atom stereocenters. The molecule has 0 atom stereocenters. The summed E-state index contributed by atoms with van der Waals surface area (Å²) in [6, 6.07) is 4.74. The van der Waals surface area contributed by atoms with E-state index in [0.717, 1.165) is 10.1 Å². The van der Waals surface area contributed by atoms with E-state index in [1.807, 2.05) is 6.92 Å². The Morgan fingerprint density at radius 1 is 1.22 bits per heavy atom. The maximum atomic E-state index is 12.6. The van der Waals surface area contributed by atoms with Crippen molar-refractivity contribution in [2.75, 3.05) is 12.3 Å². The van der Waals surface area contributed by atoms with Gasteiger partial charge in [-0.1, -0.05) is 13.0 Å². The Balaban J connectivity index is 2.41. The number of aryl methyl sites for hydroxylation is 1. The zero-order chi connectivity index (χ0) is 20.3. The van der Waals surface area contributed by atoms with Gasteiger partial charge in [-0.05, 0) is 31.0 Å². The van der Waals surface area contributed by atoms with E-state index in [2.05, 4.69) is 0 Å². The van der Waals surface area contributed by atoms with Crippen LogP contribution in [0, 0.1) is 6.92 Å². The summed E-state index contributed by atoms with van der Waals surface area (Å²) in [6.07, 6.45) is 0.595. The van der Waals surface area contributed by atoms with Crippen LogP contribution in [0.3, 0.4) is 0 Å². The predicted molar refractivity (Wildman–Crippen MR) is 100 cm³/mol. The van der Waals surface area contributed by atoms with Gasteiger partial charge < -0.3 is 16.2 Å². The van der Waals surface area contributed by atoms with Gasteiger partial charge in [0.2, 0.25) is 5.78 Å². The fourth-order valence-corrected chi connectivity index (χ4v) is 2.65. The Morgan fingerprint density at radius 3 is 2.48 bits per heavy atom. The third-order valence-electron chi connectivity index (χ3n) is 4.07. The number of rotatable bonds is 7. The minimum absolute atomic E-state index is 0.116. The highest BCUT2D eigenvalue weighted by Crippen LogP contribution is 2.20. The van der Waals surface area contributed by atoms with E-state index >= 15 is 0 Å². The molecule has 9 nitrogen and oxygen atoms in total. The third-order valence-corrected chi connectivity index (χ3v) is 4.07. The molecule has 0 saturated carbocycles. The quantitative estimate of drug-likeness (QED) is 0.664. The van der Waals surface area contributed by atoms with Crippen molar-refractivity contribution in [1.29, 1.82) is 0 Å². The van der Waals surface area contributed by atoms with Crippen molar-refractivity contribution in [3.05, 3.63) is 55.7 Å². The average molecular weight is 374 g/mol. The van der Waals surface area contributed by atoms with Crippen LogP contribution in [0.15, 0.2) is 27.8 Å². The molecule has 0 spiro atoms. The Bertz CT molecular complexity index is 1020. The first kappa shape index (κ1) is 20.0. The number of primary amides is 1. The number of hydrogen-bond donors (Lipinski definition) is 2. The largest absolute Gasteiger partial charge is 0.485 e. The molecule has 1 heterocycles. The topological polar surface area (TPSA) is 139 Å². The molecule has 9 heteroatoms. The second-order valence-corrected chi connectivity index (χ2v) is 6.13. The van der Waals surface area contributed by atoms with Crippen molar-refractivity contribution in [2.45, 2.75) is 26.8 Å². The molecule has 1 amide bonds. The lowest BCUT2D eigenvalue weighted by atomic mass is 10.1. The smallest absolute Gasteiger partial charge is 0.332 e. The Labute approximate surface area is 155 Å². The van der Waals surface area contributed by atoms with Crippen LogP contribution in [0.5, 0.6) is 5.75 Å². The Morgan fingerprint density at radius 2 is 1.89 bits per heavy atom. The van der Waals surface area contributed by atoms with Gasteiger partial charge in [-0.25, -0.2) is 4.79 Å². The molecule has 0 fully saturated rings. The van der Waals surface area contributed by atoms with Crippen LogP contribution in [0.25, 0.3) is 0 Å². The van der Waals surface area contributed by atoms with Crippen molar-refractivity contribution in [2.24, 2.45) is 12.8 Å². The first-order valence-electron chi connectivity index (χ1n) is 8.34. The predicted octanol–water partition coefficient (Wildman–Crippen LogP) is 0.208. The molecule has 2 aromatic rings. The van der Waals surface area contributed by atoms with Gasteiger partial charge in [-0.2, -0.15) is 0 Å². The molecule has 0 aliphatic heterocycles. The van der Waals surface area contributed by atoms with Crippen LogP contribution in [-0.4, -0.2) is 27.4 Å². The summed E-state index contributed by atoms with van der Waals surface area (Å²) in [5.74, 6) is -1.47. The number of carbonyl (C=O) groups is 2. The molecule has 0 bridgehead atoms. The summed E-state index contributed by atoms with van der Waals surface area (Å²) in [5.41, 5.74) is 10.4. The fourth-order valence-electron chi connectivity index (χ4n) is 2.65. The monoisotopic (exact) mass is 374 g/mol. The van der Waals surface area contributed by atoms with Gasteiger partial charge >= 0.3 is 5.69 Å². The molecular formula is C18H22N4O5. The van der Waals surface area contributed by atoms with Crippen molar-refractivity contribution in [1.82, 2.24) is 9.13 Å². The van der Waals surface area contributed by atoms with Gasteiger partial charge in [0.1, 0.15) is 17.1 Å². The van der Waals surface area contributed by atoms with E-state index in [1.165, 1.54) is 17.7 Å². The van der Waals surface area contributed by atoms with E-state index < -0.39 is 29.5 Å². The lowest BCUT2D eigenvalue weighted by molar-refractivity contribution is 0.0910. The lowest BCUT2D eigenvalue weighted by Crippen LogP contribution is -2.43. The van der Waals surface area contributed by atoms with Crippen LogP contribution in [0.2, 0.25) is 0 Å². The van der Waals surface area contributed by atoms with Gasteiger partial charge in [0.15, 0.2) is 6.61 Å². The highest BCUT2D eigenvalue weighted by molar-refractivity contribution is 6.01. The number of carbonyl (C=O) groups excluding carboxylic acids is 2. The number of ketones is 1. The first-order valence-corrected chi connectivity index (χ1v) is 8.34. The lowest BCUT2D eigenvalue weighted by Gasteiger charge is -2.14. The highest BCUT2D eigenvalue weighted by Gasteiger charge is 2.22. The summed E-state index contributed by atoms with van der Waals surface area (Å²) in [4.78, 5) is 48.6. The minimum atomic E-state index is -0.794. The molecule has 2 rings (SSSR count). The number of anilines is 1. The van der Waals surface area contributed by atoms with Gasteiger partial charge in [-0.15, -0.1) is 0 Å². The van der Waals surface area contributed by atoms with Gasteiger partial charge in [-0.3, -0.25) is 23.5 Å². The highest BCUT2D eigenvalue weighted by atomic mass is 16.5. The molecule has 0 aliphatic carbocycles. The van der Waals surface area contributed by atoms with Gasteiger partial charge in [0.25, 0.3) is 11.5 Å². The number of benzene rings is 1. The van der Waals surface area contributed by atoms with E-state index in [9.17, 15) is 19.2 Å². The number of nitrogens with two attached hydrogens (primary N) is 2. The van der Waals surface area contributed by atoms with Gasteiger partial charge in [0.05, 0.1) is 5.56 Å². The van der Waals surface area contributed by atoms with Crippen molar-refractivity contribution in [3.63, 3.8) is 0 Å². The SMILES string of the molecule is CCCn1c(N)c(C(=O)COc2cc(C)ccc2C(N)=O)c(=O)n(C)c1=O. The number of amides is 1. The summed E-state index contributed by atoms with van der Waals surface area (Å²) in [6.45, 7) is 3.36. The third kappa shape index (κ3) is 3.91. The van der Waals surface area contributed by atoms with Crippen LogP contribution in [-0.2, 0) is 13.6 Å². The summed E-state index contributed by atoms with van der Waals surface area (Å²) in [5, 5.41) is 0. The van der Waals surface area contributed by atoms with Crippen LogP contribution < -0.4 is 27.5 Å². The molecule has 144 valence electrons. The van der Waals surface area contributed by atoms with Crippen LogP contribution in [0.1, 0.15) is 39.6 Å². The van der Waals surface area contributed by atoms with Crippen LogP contribution >= 0.6 is 0 Å². The molecule has 1 aromatic carbocycles. The number of aromatic nitrogens is 2. The van der Waals surface area contributed by atoms with E-state index in [0.29, 0.717) is 6.42 Å². The average Bonchev–Trinajstić information content (AvgIpc) is 2.61. The summed E-state index contributed by atoms with van der Waals surface area (Å²) >= 11 is 0. The molecule has 4 N–H and O–H groups in total. The molecular weight excluding hydrogens is 352 g/mol. The van der Waals surface area contributed by atoms with Crippen molar-refractivity contribution < 1.29 is 14.3 Å². The van der Waals surface area contributed by atoms with Crippen molar-refractivity contribution in [3.8, 4) is 5.75 Å². The zero-order valence-electron chi connectivity index (χ0n) is 15.4. The summed E-state index contributed by atoms with van der Waals surface area (Å²) in [7, 11) is 1.28. The molecule has 1 aromatic heterocycles. The van der Waals surface area contributed by atoms with E-state index in [4.69, 9.17) is 16.2 Å². The number of nitrogens with zero attached hydrogens (tertiary/aromatic N) is 2. The van der Waals surface area contributed by atoms with E-state index in [-0.39, 0.29) is 29.2 Å². The van der Waals surface area contributed by atoms with E-state index in [1.54, 1.807) is 19.1 Å². The molecule has 27 heavy (non-hydrogen) atoms. The standard InChI is InChI=1S/C18H22N4O5/c1-4-7-22-15(19)14(17(25)21(3)18(22)26)12(23)9-27-13-8-10(2)5-6-11(13)16(20)24/h5-6,8H,4,7,9,19H2,1-3H3,(H2,20,24). The second kappa shape index (κ2) is 7.90. The molecule has 0 aliphatic rings. The zero-order valence-corrected chi connectivity index (χ0v) is 15.4. The number of Topliss-reactive ketones (excluding diaryl/α,β-unsaturated/α-hetero) is 1. The number of hydrogen-bond acceptors (Lipinski definition) is 6. The maximum Gasteiger partial charge on any atom is 0.332 e. The Hall–Kier alpha value is -3.36. The summed E-state index contributed by atoms with van der Waals surface area (Å²) < 4.78 is 7.44. The number of ether oxygens (including phenoxy) is 1. The molecule has 0 radical (unpaired) electrons. The fraction of sp³-hybridized carbons (Fsp3) is 0.333. The van der Waals surface area contributed by atoms with Crippen LogP contribution in [0.4, 0.5) is 5.82 Å². The Kier molecular flexibility index (Phi) is 5.84. The molecule has 0 saturated heterocycles. The normalized spacial score (nSPS) is 10.6. The maximum absolute atomic E-state index is 12.6.